The van der Waals surface area contributed by atoms with Gasteiger partial charge >= 0.3 is 5.97 Å². The van der Waals surface area contributed by atoms with Gasteiger partial charge in [-0.1, -0.05) is 0 Å². The molecular weight excluding hydrogens is 223 g/mol. The summed E-state index contributed by atoms with van der Waals surface area (Å²) in [5.41, 5.74) is -0.479. The van der Waals surface area contributed by atoms with E-state index < -0.39 is 5.60 Å². The van der Waals surface area contributed by atoms with Gasteiger partial charge in [-0.2, -0.15) is 0 Å². The molecule has 0 N–H and O–H groups in total. The molecule has 0 aliphatic heterocycles. The number of rotatable bonds is 4. The second kappa shape index (κ2) is 5.66. The molecule has 0 saturated heterocycles. The molecule has 1 rings (SSSR count). The Balaban J connectivity index is 2.28. The van der Waals surface area contributed by atoms with Crippen LogP contribution >= 0.6 is 0 Å². The van der Waals surface area contributed by atoms with Gasteiger partial charge in [-0.15, -0.1) is 0 Å². The highest BCUT2D eigenvalue weighted by atomic mass is 19.1. The Bertz CT molecular complexity index is 365. The molecule has 4 heteroatoms. The van der Waals surface area contributed by atoms with Crippen LogP contribution in [-0.2, 0) is 9.53 Å². The maximum Gasteiger partial charge on any atom is 0.309 e. The fourth-order valence-corrected chi connectivity index (χ4v) is 1.18. The van der Waals surface area contributed by atoms with Crippen LogP contribution in [0.3, 0.4) is 0 Å². The SMILES string of the molecule is CC(C)(C)OC(=O)CCOc1ccc(F)cc1. The van der Waals surface area contributed by atoms with E-state index in [1.807, 2.05) is 20.8 Å². The van der Waals surface area contributed by atoms with Crippen molar-refractivity contribution >= 4 is 5.97 Å². The summed E-state index contributed by atoms with van der Waals surface area (Å²) >= 11 is 0. The first-order valence-electron chi connectivity index (χ1n) is 5.47. The number of carbonyl (C=O) groups is 1. The van der Waals surface area contributed by atoms with E-state index in [-0.39, 0.29) is 24.8 Å². The highest BCUT2D eigenvalue weighted by molar-refractivity contribution is 5.69. The Kier molecular flexibility index (Phi) is 4.49. The lowest BCUT2D eigenvalue weighted by atomic mass is 10.2. The van der Waals surface area contributed by atoms with E-state index in [9.17, 15) is 9.18 Å². The van der Waals surface area contributed by atoms with Crippen molar-refractivity contribution in [3.05, 3.63) is 30.1 Å². The van der Waals surface area contributed by atoms with Crippen molar-refractivity contribution in [3.63, 3.8) is 0 Å². The van der Waals surface area contributed by atoms with Crippen LogP contribution in [-0.4, -0.2) is 18.2 Å². The number of carbonyl (C=O) groups excluding carboxylic acids is 1. The van der Waals surface area contributed by atoms with E-state index in [0.717, 1.165) is 0 Å². The third kappa shape index (κ3) is 5.90. The van der Waals surface area contributed by atoms with Gasteiger partial charge in [0.2, 0.25) is 0 Å². The van der Waals surface area contributed by atoms with Crippen LogP contribution in [0.15, 0.2) is 24.3 Å². The molecule has 0 aromatic heterocycles. The first kappa shape index (κ1) is 13.5. The molecule has 0 spiro atoms. The third-order valence-corrected chi connectivity index (χ3v) is 1.81. The minimum atomic E-state index is -0.479. The summed E-state index contributed by atoms with van der Waals surface area (Å²) < 4.78 is 23.0. The Morgan fingerprint density at radius 2 is 1.82 bits per heavy atom. The lowest BCUT2D eigenvalue weighted by Crippen LogP contribution is -2.24. The molecule has 0 aliphatic rings. The Morgan fingerprint density at radius 1 is 1.24 bits per heavy atom. The molecule has 0 atom stereocenters. The predicted molar refractivity (Wildman–Crippen MR) is 62.4 cm³/mol. The normalized spacial score (nSPS) is 11.1. The number of halogens is 1. The van der Waals surface area contributed by atoms with Gasteiger partial charge in [-0.05, 0) is 45.0 Å². The molecule has 0 fully saturated rings. The van der Waals surface area contributed by atoms with E-state index in [4.69, 9.17) is 9.47 Å². The Labute approximate surface area is 101 Å². The molecule has 0 aliphatic carbocycles. The fourth-order valence-electron chi connectivity index (χ4n) is 1.18. The van der Waals surface area contributed by atoms with Gasteiger partial charge in [0.25, 0.3) is 0 Å². The average molecular weight is 240 g/mol. The molecule has 1 aromatic carbocycles. The molecule has 0 heterocycles. The quantitative estimate of drug-likeness (QED) is 0.759. The van der Waals surface area contributed by atoms with E-state index in [1.54, 1.807) is 0 Å². The van der Waals surface area contributed by atoms with Crippen LogP contribution in [0.5, 0.6) is 5.75 Å². The van der Waals surface area contributed by atoms with Crippen molar-refractivity contribution in [3.8, 4) is 5.75 Å². The van der Waals surface area contributed by atoms with Crippen LogP contribution < -0.4 is 4.74 Å². The molecule has 94 valence electrons. The maximum atomic E-state index is 12.6. The number of benzene rings is 1. The van der Waals surface area contributed by atoms with Crippen LogP contribution in [0.1, 0.15) is 27.2 Å². The van der Waals surface area contributed by atoms with Crippen LogP contribution in [0, 0.1) is 5.82 Å². The summed E-state index contributed by atoms with van der Waals surface area (Å²) in [4.78, 5) is 11.3. The topological polar surface area (TPSA) is 35.5 Å². The smallest absolute Gasteiger partial charge is 0.309 e. The average Bonchev–Trinajstić information content (AvgIpc) is 2.18. The zero-order valence-corrected chi connectivity index (χ0v) is 10.3. The zero-order chi connectivity index (χ0) is 12.9. The van der Waals surface area contributed by atoms with Crippen molar-refractivity contribution < 1.29 is 18.7 Å². The van der Waals surface area contributed by atoms with Crippen LogP contribution in [0.4, 0.5) is 4.39 Å². The summed E-state index contributed by atoms with van der Waals surface area (Å²) in [5.74, 6) is -0.0842. The summed E-state index contributed by atoms with van der Waals surface area (Å²) in [7, 11) is 0. The molecule has 0 saturated carbocycles. The Morgan fingerprint density at radius 3 is 2.35 bits per heavy atom. The summed E-state index contributed by atoms with van der Waals surface area (Å²) in [6.07, 6.45) is 0.175. The van der Waals surface area contributed by atoms with E-state index >= 15 is 0 Å². The van der Waals surface area contributed by atoms with Gasteiger partial charge in [-0.25, -0.2) is 4.39 Å². The van der Waals surface area contributed by atoms with Gasteiger partial charge in [0, 0.05) is 0 Å². The van der Waals surface area contributed by atoms with Crippen molar-refractivity contribution in [1.82, 2.24) is 0 Å². The monoisotopic (exact) mass is 240 g/mol. The van der Waals surface area contributed by atoms with Gasteiger partial charge in [0.1, 0.15) is 17.2 Å². The van der Waals surface area contributed by atoms with Crippen LogP contribution in [0.2, 0.25) is 0 Å². The lowest BCUT2D eigenvalue weighted by molar-refractivity contribution is -0.155. The summed E-state index contributed by atoms with van der Waals surface area (Å²) in [6.45, 7) is 5.66. The fraction of sp³-hybridized carbons (Fsp3) is 0.462. The Hall–Kier alpha value is -1.58. The molecule has 0 amide bonds. The lowest BCUT2D eigenvalue weighted by Gasteiger charge is -2.19. The summed E-state index contributed by atoms with van der Waals surface area (Å²) in [6, 6.07) is 5.65. The molecule has 0 radical (unpaired) electrons. The third-order valence-electron chi connectivity index (χ3n) is 1.81. The first-order valence-corrected chi connectivity index (χ1v) is 5.47. The molecule has 17 heavy (non-hydrogen) atoms. The standard InChI is InChI=1S/C13H17FO3/c1-13(2,3)17-12(15)8-9-16-11-6-4-10(14)5-7-11/h4-7H,8-9H2,1-3H3. The number of hydrogen-bond donors (Lipinski definition) is 0. The number of ether oxygens (including phenoxy) is 2. The molecule has 0 bridgehead atoms. The van der Waals surface area contributed by atoms with E-state index in [2.05, 4.69) is 0 Å². The number of esters is 1. The highest BCUT2D eigenvalue weighted by Gasteiger charge is 2.15. The minimum absolute atomic E-state index is 0.175. The zero-order valence-electron chi connectivity index (χ0n) is 10.3. The minimum Gasteiger partial charge on any atom is -0.493 e. The number of hydrogen-bond acceptors (Lipinski definition) is 3. The van der Waals surface area contributed by atoms with Gasteiger partial charge in [0.05, 0.1) is 13.0 Å². The second-order valence-corrected chi connectivity index (χ2v) is 4.64. The van der Waals surface area contributed by atoms with Crippen molar-refractivity contribution in [1.29, 1.82) is 0 Å². The first-order chi connectivity index (χ1) is 7.87. The van der Waals surface area contributed by atoms with Gasteiger partial charge < -0.3 is 9.47 Å². The van der Waals surface area contributed by atoms with Crippen LogP contribution in [0.25, 0.3) is 0 Å². The summed E-state index contributed by atoms with van der Waals surface area (Å²) in [5, 5.41) is 0. The van der Waals surface area contributed by atoms with Gasteiger partial charge in [-0.3, -0.25) is 4.79 Å². The molecule has 3 nitrogen and oxygen atoms in total. The largest absolute Gasteiger partial charge is 0.493 e. The predicted octanol–water partition coefficient (Wildman–Crippen LogP) is 2.94. The molecule has 0 unspecified atom stereocenters. The van der Waals surface area contributed by atoms with E-state index in [0.29, 0.717) is 5.75 Å². The van der Waals surface area contributed by atoms with Gasteiger partial charge in [0.15, 0.2) is 0 Å². The highest BCUT2D eigenvalue weighted by Crippen LogP contribution is 2.12. The molecular formula is C13H17FO3. The van der Waals surface area contributed by atoms with Crippen molar-refractivity contribution in [2.45, 2.75) is 32.8 Å². The maximum absolute atomic E-state index is 12.6. The molecule has 1 aromatic rings. The van der Waals surface area contributed by atoms with Crippen molar-refractivity contribution in [2.75, 3.05) is 6.61 Å². The second-order valence-electron chi connectivity index (χ2n) is 4.64. The van der Waals surface area contributed by atoms with E-state index in [1.165, 1.54) is 24.3 Å². The van der Waals surface area contributed by atoms with Crippen molar-refractivity contribution in [2.24, 2.45) is 0 Å².